The molecule has 67 heavy (non-hydrogen) atoms. The molecule has 0 saturated carbocycles. The Balaban J connectivity index is 4.18. The van der Waals surface area contributed by atoms with E-state index in [1.54, 1.807) is 0 Å². The van der Waals surface area contributed by atoms with Crippen molar-refractivity contribution in [2.45, 2.75) is 167 Å². The number of ether oxygens (including phenoxy) is 4. The number of rotatable bonds is 44. The molecule has 0 rings (SSSR count). The second-order valence-electron chi connectivity index (χ2n) is 17.4. The fourth-order valence-electron chi connectivity index (χ4n) is 6.01. The Morgan fingerprint density at radius 2 is 0.851 bits per heavy atom. The molecule has 0 aliphatic carbocycles. The van der Waals surface area contributed by atoms with E-state index in [-0.39, 0.29) is 38.6 Å². The normalized spacial score (nSPS) is 14.0. The molecule has 0 aromatic carbocycles. The standard InChI is InChI=1S/C58H91NO8/c1-6-8-10-12-13-14-15-16-17-18-19-20-21-22-23-24-25-26-27-28-29-30-31-32-33-34-35-36-37-38-39-40-41-42-43-45-47-49-56(61)67-54(52-65-55(60)48-46-44-11-9-7-2)53-66-58(57(62)63)64-51-50-59(3,4)5/h8,10,13-14,16-17,19-20,22-23,25-26,28-29,31-32,34-35,37-38,40-41,54,58H,6-7,9,11-12,15,18,21,24,27,30,33,36,39,42-53H2,1-5H3/b10-8-,14-13-,17-16-,20-19-,23-22-,26-25-,29-28-,32-31-,35-34-,38-37-,41-40-. The summed E-state index contributed by atoms with van der Waals surface area (Å²) in [5, 5.41) is 11.6. The van der Waals surface area contributed by atoms with Crippen molar-refractivity contribution in [2.75, 3.05) is 47.5 Å². The number of aliphatic carboxylic acids is 1. The van der Waals surface area contributed by atoms with Gasteiger partial charge in [0, 0.05) is 12.8 Å². The van der Waals surface area contributed by atoms with Crippen molar-refractivity contribution in [1.82, 2.24) is 0 Å². The van der Waals surface area contributed by atoms with E-state index in [2.05, 4.69) is 148 Å². The summed E-state index contributed by atoms with van der Waals surface area (Å²) in [7, 11) is 5.87. The summed E-state index contributed by atoms with van der Waals surface area (Å²) in [6, 6.07) is 0. The molecule has 2 atom stereocenters. The van der Waals surface area contributed by atoms with Crippen LogP contribution in [-0.4, -0.2) is 82.3 Å². The number of nitrogens with zero attached hydrogens (tertiary/aromatic N) is 1. The topological polar surface area (TPSA) is 111 Å². The maximum atomic E-state index is 12.7. The van der Waals surface area contributed by atoms with Crippen LogP contribution in [0.25, 0.3) is 0 Å². The predicted molar refractivity (Wildman–Crippen MR) is 278 cm³/mol. The lowest BCUT2D eigenvalue weighted by molar-refractivity contribution is -0.870. The molecule has 0 N–H and O–H groups in total. The van der Waals surface area contributed by atoms with Crippen LogP contribution < -0.4 is 5.11 Å². The number of carbonyl (C=O) groups excluding carboxylic acids is 3. The maximum absolute atomic E-state index is 12.7. The SMILES string of the molecule is CC/C=C\C/C=C\C/C=C\C/C=C\C/C=C\C/C=C\C/C=C\C/C=C\C/C=C\C/C=C\C/C=C\CCCCCC(=O)OC(COC(=O)CCCCCCC)COC(OCC[N+](C)(C)C)C(=O)[O-]. The van der Waals surface area contributed by atoms with Gasteiger partial charge in [-0.1, -0.05) is 180 Å². The van der Waals surface area contributed by atoms with Crippen LogP contribution >= 0.6 is 0 Å². The van der Waals surface area contributed by atoms with Gasteiger partial charge in [-0.2, -0.15) is 0 Å². The van der Waals surface area contributed by atoms with Crippen molar-refractivity contribution in [3.8, 4) is 0 Å². The minimum Gasteiger partial charge on any atom is -0.545 e. The minimum atomic E-state index is -1.63. The van der Waals surface area contributed by atoms with Crippen LogP contribution in [0.4, 0.5) is 0 Å². The molecule has 0 saturated heterocycles. The van der Waals surface area contributed by atoms with Gasteiger partial charge in [0.05, 0.1) is 40.3 Å². The molecular formula is C58H91NO8. The molecule has 0 heterocycles. The summed E-state index contributed by atoms with van der Waals surface area (Å²) in [4.78, 5) is 36.7. The summed E-state index contributed by atoms with van der Waals surface area (Å²) in [6.07, 6.45) is 65.6. The largest absolute Gasteiger partial charge is 0.545 e. The van der Waals surface area contributed by atoms with E-state index in [4.69, 9.17) is 18.9 Å². The summed E-state index contributed by atoms with van der Waals surface area (Å²) < 4.78 is 22.3. The number of likely N-dealkylation sites (N-methyl/N-ethyl adjacent to an activating group) is 1. The summed E-state index contributed by atoms with van der Waals surface area (Å²) in [5.41, 5.74) is 0. The fourth-order valence-corrected chi connectivity index (χ4v) is 6.01. The van der Waals surface area contributed by atoms with E-state index in [1.165, 1.54) is 0 Å². The van der Waals surface area contributed by atoms with E-state index in [1.807, 2.05) is 21.1 Å². The first-order valence-corrected chi connectivity index (χ1v) is 25.3. The molecular weight excluding hydrogens is 839 g/mol. The highest BCUT2D eigenvalue weighted by atomic mass is 16.7. The van der Waals surface area contributed by atoms with Gasteiger partial charge >= 0.3 is 11.9 Å². The lowest BCUT2D eigenvalue weighted by atomic mass is 10.1. The average Bonchev–Trinajstić information content (AvgIpc) is 3.29. The number of esters is 2. The Labute approximate surface area is 408 Å². The number of hydrogen-bond donors (Lipinski definition) is 0. The van der Waals surface area contributed by atoms with E-state index in [0.717, 1.165) is 122 Å². The fraction of sp³-hybridized carbons (Fsp3) is 0.569. The lowest BCUT2D eigenvalue weighted by Gasteiger charge is -2.26. The van der Waals surface area contributed by atoms with E-state index >= 15 is 0 Å². The van der Waals surface area contributed by atoms with E-state index in [0.29, 0.717) is 17.4 Å². The molecule has 9 heteroatoms. The van der Waals surface area contributed by atoms with Crippen molar-refractivity contribution in [2.24, 2.45) is 0 Å². The third-order valence-corrected chi connectivity index (χ3v) is 9.91. The smallest absolute Gasteiger partial charge is 0.306 e. The van der Waals surface area contributed by atoms with Gasteiger partial charge in [0.25, 0.3) is 0 Å². The highest BCUT2D eigenvalue weighted by molar-refractivity contribution is 5.70. The van der Waals surface area contributed by atoms with Crippen LogP contribution in [0, 0.1) is 0 Å². The monoisotopic (exact) mass is 930 g/mol. The number of carboxylic acids is 1. The molecule has 0 fully saturated rings. The van der Waals surface area contributed by atoms with Crippen LogP contribution in [-0.2, 0) is 33.3 Å². The number of hydrogen-bond acceptors (Lipinski definition) is 8. The molecule has 376 valence electrons. The number of carbonyl (C=O) groups is 3. The van der Waals surface area contributed by atoms with Crippen molar-refractivity contribution < 1.29 is 42.9 Å². The minimum absolute atomic E-state index is 0.134. The third-order valence-electron chi connectivity index (χ3n) is 9.91. The first kappa shape index (κ1) is 62.4. The first-order valence-electron chi connectivity index (χ1n) is 25.3. The Bertz CT molecular complexity index is 1550. The molecule has 0 aliphatic rings. The van der Waals surface area contributed by atoms with Crippen LogP contribution in [0.1, 0.15) is 155 Å². The Morgan fingerprint density at radius 1 is 0.463 bits per heavy atom. The average molecular weight is 930 g/mol. The second-order valence-corrected chi connectivity index (χ2v) is 17.4. The van der Waals surface area contributed by atoms with Gasteiger partial charge in [-0.3, -0.25) is 9.59 Å². The molecule has 0 amide bonds. The Hall–Kier alpha value is -4.57. The zero-order valence-electron chi connectivity index (χ0n) is 42.5. The van der Waals surface area contributed by atoms with Crippen molar-refractivity contribution >= 4 is 17.9 Å². The molecule has 2 unspecified atom stereocenters. The zero-order valence-corrected chi connectivity index (χ0v) is 42.5. The Kier molecular flexibility index (Phi) is 44.6. The number of quaternary nitrogens is 1. The van der Waals surface area contributed by atoms with Crippen LogP contribution in [0.15, 0.2) is 134 Å². The van der Waals surface area contributed by atoms with Crippen LogP contribution in [0.2, 0.25) is 0 Å². The summed E-state index contributed by atoms with van der Waals surface area (Å²) in [5.74, 6) is -2.37. The van der Waals surface area contributed by atoms with Crippen LogP contribution in [0.3, 0.4) is 0 Å². The first-order chi connectivity index (χ1) is 32.6. The van der Waals surface area contributed by atoms with Gasteiger partial charge in [-0.25, -0.2) is 0 Å². The van der Waals surface area contributed by atoms with E-state index in [9.17, 15) is 19.5 Å². The van der Waals surface area contributed by atoms with Gasteiger partial charge in [-0.15, -0.1) is 0 Å². The van der Waals surface area contributed by atoms with Gasteiger partial charge in [0.2, 0.25) is 0 Å². The van der Waals surface area contributed by atoms with Crippen molar-refractivity contribution in [3.05, 3.63) is 134 Å². The van der Waals surface area contributed by atoms with Gasteiger partial charge in [0.15, 0.2) is 12.4 Å². The molecule has 0 aromatic heterocycles. The van der Waals surface area contributed by atoms with E-state index < -0.39 is 24.3 Å². The second kappa shape index (κ2) is 47.9. The molecule has 0 radical (unpaired) electrons. The maximum Gasteiger partial charge on any atom is 0.306 e. The van der Waals surface area contributed by atoms with Crippen LogP contribution in [0.5, 0.6) is 0 Å². The number of carboxylic acid groups (broad SMARTS) is 1. The zero-order chi connectivity index (χ0) is 49.2. The van der Waals surface area contributed by atoms with Crippen molar-refractivity contribution in [1.29, 1.82) is 0 Å². The summed E-state index contributed by atoms with van der Waals surface area (Å²) >= 11 is 0. The molecule has 0 spiro atoms. The summed E-state index contributed by atoms with van der Waals surface area (Å²) in [6.45, 7) is 4.44. The molecule has 9 nitrogen and oxygen atoms in total. The van der Waals surface area contributed by atoms with Gasteiger partial charge in [0.1, 0.15) is 13.2 Å². The third kappa shape index (κ3) is 49.2. The van der Waals surface area contributed by atoms with Gasteiger partial charge < -0.3 is 33.3 Å². The number of unbranched alkanes of at least 4 members (excludes halogenated alkanes) is 7. The number of allylic oxidation sites excluding steroid dienone is 22. The van der Waals surface area contributed by atoms with Gasteiger partial charge in [-0.05, 0) is 96.3 Å². The molecule has 0 aliphatic heterocycles. The van der Waals surface area contributed by atoms with Crippen molar-refractivity contribution in [3.63, 3.8) is 0 Å². The highest BCUT2D eigenvalue weighted by Crippen LogP contribution is 2.11. The lowest BCUT2D eigenvalue weighted by Crippen LogP contribution is -2.44. The highest BCUT2D eigenvalue weighted by Gasteiger charge is 2.21. The molecule has 0 bridgehead atoms. The molecule has 0 aromatic rings. The predicted octanol–water partition coefficient (Wildman–Crippen LogP) is 13.0. The quantitative estimate of drug-likeness (QED) is 0.0195. The Morgan fingerprint density at radius 3 is 1.25 bits per heavy atom.